The summed E-state index contributed by atoms with van der Waals surface area (Å²) in [6, 6.07) is 42.7. The molecule has 2 heteroatoms. The Morgan fingerprint density at radius 2 is 1.43 bits per heavy atom. The van der Waals surface area contributed by atoms with E-state index in [9.17, 15) is 0 Å². The molecular formula is C35H28N2. The van der Waals surface area contributed by atoms with Crippen molar-refractivity contribution < 1.29 is 0 Å². The summed E-state index contributed by atoms with van der Waals surface area (Å²) in [4.78, 5) is 2.24. The van der Waals surface area contributed by atoms with Crippen molar-refractivity contribution in [1.82, 2.24) is 0 Å². The topological polar surface area (TPSA) is 27.0 Å². The second-order valence-corrected chi connectivity index (χ2v) is 8.99. The Balaban J connectivity index is 1.61. The number of hydrogen-bond donors (Lipinski definition) is 0. The fraction of sp³-hybridized carbons (Fsp3) is 0.0571. The molecule has 0 fully saturated rings. The standard InChI is InChI=1S/C35H28N2/c1-26(13-10-11-24-36)27-14-12-15-28(25-27)30-22-23-33(32-19-7-6-18-31(30)32)34-20-8-9-21-35(34)37(2)29-16-4-3-5-17-29/h3-10,12-23,25H,1,11H2,2H3/b13-10-. The van der Waals surface area contributed by atoms with Crippen molar-refractivity contribution in [3.63, 3.8) is 0 Å². The van der Waals surface area contributed by atoms with Gasteiger partial charge in [0.15, 0.2) is 0 Å². The van der Waals surface area contributed by atoms with Gasteiger partial charge >= 0.3 is 0 Å². The maximum atomic E-state index is 8.82. The van der Waals surface area contributed by atoms with E-state index in [4.69, 9.17) is 5.26 Å². The van der Waals surface area contributed by atoms with E-state index >= 15 is 0 Å². The summed E-state index contributed by atoms with van der Waals surface area (Å²) in [5.41, 5.74) is 8.99. The van der Waals surface area contributed by atoms with E-state index in [0.29, 0.717) is 6.42 Å². The van der Waals surface area contributed by atoms with Gasteiger partial charge in [-0.15, -0.1) is 0 Å². The summed E-state index contributed by atoms with van der Waals surface area (Å²) in [6.07, 6.45) is 4.15. The zero-order valence-electron chi connectivity index (χ0n) is 20.9. The lowest BCUT2D eigenvalue weighted by molar-refractivity contribution is 1.21. The van der Waals surface area contributed by atoms with Crippen LogP contribution in [0.1, 0.15) is 12.0 Å². The lowest BCUT2D eigenvalue weighted by Crippen LogP contribution is -2.10. The summed E-state index contributed by atoms with van der Waals surface area (Å²) in [7, 11) is 2.12. The van der Waals surface area contributed by atoms with Gasteiger partial charge in [0.05, 0.1) is 12.5 Å². The molecule has 37 heavy (non-hydrogen) atoms. The lowest BCUT2D eigenvalue weighted by atomic mass is 9.90. The van der Waals surface area contributed by atoms with Gasteiger partial charge < -0.3 is 4.90 Å². The van der Waals surface area contributed by atoms with E-state index in [0.717, 1.165) is 28.1 Å². The molecule has 5 aromatic carbocycles. The molecule has 0 aliphatic carbocycles. The summed E-state index contributed by atoms with van der Waals surface area (Å²) >= 11 is 0. The van der Waals surface area contributed by atoms with Crippen LogP contribution >= 0.6 is 0 Å². The molecule has 0 N–H and O–H groups in total. The predicted octanol–water partition coefficient (Wildman–Crippen LogP) is 9.42. The zero-order valence-corrected chi connectivity index (χ0v) is 20.9. The molecule has 2 nitrogen and oxygen atoms in total. The molecular weight excluding hydrogens is 448 g/mol. The molecule has 0 atom stereocenters. The number of fused-ring (bicyclic) bond motifs is 1. The number of hydrogen-bond acceptors (Lipinski definition) is 2. The maximum Gasteiger partial charge on any atom is 0.0663 e. The number of allylic oxidation sites excluding steroid dienone is 3. The molecule has 0 spiro atoms. The van der Waals surface area contributed by atoms with Crippen molar-refractivity contribution in [1.29, 1.82) is 5.26 Å². The smallest absolute Gasteiger partial charge is 0.0663 e. The Morgan fingerprint density at radius 1 is 0.757 bits per heavy atom. The number of nitriles is 1. The van der Waals surface area contributed by atoms with Crippen LogP contribution in [-0.4, -0.2) is 7.05 Å². The molecule has 0 radical (unpaired) electrons. The number of rotatable bonds is 7. The van der Waals surface area contributed by atoms with Gasteiger partial charge in [-0.2, -0.15) is 5.26 Å². The Morgan fingerprint density at radius 3 is 2.22 bits per heavy atom. The van der Waals surface area contributed by atoms with E-state index in [1.54, 1.807) is 0 Å². The minimum atomic E-state index is 0.381. The molecule has 0 aliphatic heterocycles. The summed E-state index contributed by atoms with van der Waals surface area (Å²) in [6.45, 7) is 4.20. The quantitative estimate of drug-likeness (QED) is 0.219. The van der Waals surface area contributed by atoms with Crippen LogP contribution in [0.25, 0.3) is 38.6 Å². The summed E-state index contributed by atoms with van der Waals surface area (Å²) < 4.78 is 0. The highest BCUT2D eigenvalue weighted by atomic mass is 15.1. The molecule has 5 rings (SSSR count). The highest BCUT2D eigenvalue weighted by Crippen LogP contribution is 2.40. The summed E-state index contributed by atoms with van der Waals surface area (Å²) in [5, 5.41) is 11.2. The SMILES string of the molecule is C=C(/C=C\CC#N)c1cccc(-c2ccc(-c3ccccc3N(C)c3ccccc3)c3ccccc23)c1. The van der Waals surface area contributed by atoms with Gasteiger partial charge in [0.1, 0.15) is 0 Å². The molecule has 0 saturated heterocycles. The maximum absolute atomic E-state index is 8.82. The Hall–Kier alpha value is -4.87. The number of anilines is 2. The van der Waals surface area contributed by atoms with E-state index in [1.165, 1.54) is 27.5 Å². The van der Waals surface area contributed by atoms with Crippen LogP contribution < -0.4 is 4.90 Å². The Labute approximate surface area is 219 Å². The Bertz CT molecular complexity index is 1640. The summed E-state index contributed by atoms with van der Waals surface area (Å²) in [5.74, 6) is 0. The molecule has 0 bridgehead atoms. The van der Waals surface area contributed by atoms with Crippen molar-refractivity contribution in [3.8, 4) is 28.3 Å². The normalized spacial score (nSPS) is 10.9. The van der Waals surface area contributed by atoms with Crippen LogP contribution in [0.4, 0.5) is 11.4 Å². The molecule has 0 amide bonds. The van der Waals surface area contributed by atoms with Gasteiger partial charge in [0.2, 0.25) is 0 Å². The average molecular weight is 477 g/mol. The fourth-order valence-electron chi connectivity index (χ4n) is 4.81. The van der Waals surface area contributed by atoms with E-state index in [2.05, 4.69) is 134 Å². The Kier molecular flexibility index (Phi) is 6.97. The molecule has 178 valence electrons. The van der Waals surface area contributed by atoms with Gasteiger partial charge in [-0.3, -0.25) is 0 Å². The molecule has 0 heterocycles. The lowest BCUT2D eigenvalue weighted by Gasteiger charge is -2.23. The van der Waals surface area contributed by atoms with Crippen molar-refractivity contribution in [3.05, 3.63) is 140 Å². The van der Waals surface area contributed by atoms with Gasteiger partial charge in [0, 0.05) is 24.0 Å². The minimum absolute atomic E-state index is 0.381. The minimum Gasteiger partial charge on any atom is -0.344 e. The number of nitrogens with zero attached hydrogens (tertiary/aromatic N) is 2. The average Bonchev–Trinajstić information content (AvgIpc) is 2.97. The third-order valence-electron chi connectivity index (χ3n) is 6.70. The number of benzene rings is 5. The first kappa shape index (κ1) is 23.9. The van der Waals surface area contributed by atoms with E-state index in [1.807, 2.05) is 18.2 Å². The molecule has 0 unspecified atom stereocenters. The first-order valence-electron chi connectivity index (χ1n) is 12.4. The fourth-order valence-corrected chi connectivity index (χ4v) is 4.81. The van der Waals surface area contributed by atoms with Crippen LogP contribution in [0.3, 0.4) is 0 Å². The van der Waals surface area contributed by atoms with Crippen LogP contribution in [0, 0.1) is 11.3 Å². The second-order valence-electron chi connectivity index (χ2n) is 8.99. The molecule has 0 saturated carbocycles. The van der Waals surface area contributed by atoms with Gasteiger partial charge in [-0.25, -0.2) is 0 Å². The van der Waals surface area contributed by atoms with Crippen molar-refractivity contribution in [2.75, 3.05) is 11.9 Å². The van der Waals surface area contributed by atoms with Crippen LogP contribution in [0.15, 0.2) is 134 Å². The highest BCUT2D eigenvalue weighted by molar-refractivity contribution is 6.07. The zero-order chi connectivity index (χ0) is 25.6. The van der Waals surface area contributed by atoms with Crippen LogP contribution in [0.2, 0.25) is 0 Å². The second kappa shape index (κ2) is 10.8. The van der Waals surface area contributed by atoms with Crippen molar-refractivity contribution in [2.24, 2.45) is 0 Å². The van der Waals surface area contributed by atoms with Gasteiger partial charge in [-0.05, 0) is 62.9 Å². The van der Waals surface area contributed by atoms with E-state index in [-0.39, 0.29) is 0 Å². The van der Waals surface area contributed by atoms with Crippen LogP contribution in [-0.2, 0) is 0 Å². The van der Waals surface area contributed by atoms with Crippen LogP contribution in [0.5, 0.6) is 0 Å². The molecule has 0 aliphatic rings. The van der Waals surface area contributed by atoms with E-state index < -0.39 is 0 Å². The van der Waals surface area contributed by atoms with Gasteiger partial charge in [-0.1, -0.05) is 110 Å². The first-order valence-corrected chi connectivity index (χ1v) is 12.4. The molecule has 0 aromatic heterocycles. The number of para-hydroxylation sites is 2. The van der Waals surface area contributed by atoms with Crippen molar-refractivity contribution >= 4 is 27.7 Å². The third-order valence-corrected chi connectivity index (χ3v) is 6.70. The highest BCUT2D eigenvalue weighted by Gasteiger charge is 2.15. The monoisotopic (exact) mass is 476 g/mol. The van der Waals surface area contributed by atoms with Crippen molar-refractivity contribution in [2.45, 2.75) is 6.42 Å². The van der Waals surface area contributed by atoms with Gasteiger partial charge in [0.25, 0.3) is 0 Å². The largest absolute Gasteiger partial charge is 0.344 e. The third kappa shape index (κ3) is 4.94. The first-order chi connectivity index (χ1) is 18.2. The molecule has 5 aromatic rings. The predicted molar refractivity (Wildman–Crippen MR) is 158 cm³/mol.